The van der Waals surface area contributed by atoms with Crippen molar-refractivity contribution in [1.29, 1.82) is 0 Å². The first-order valence-corrected chi connectivity index (χ1v) is 15.0. The Hall–Kier alpha value is -4.54. The van der Waals surface area contributed by atoms with Gasteiger partial charge in [0.2, 0.25) is 11.9 Å². The molecule has 0 saturated carbocycles. The second-order valence-corrected chi connectivity index (χ2v) is 12.6. The molecule has 45 heavy (non-hydrogen) atoms. The predicted molar refractivity (Wildman–Crippen MR) is 166 cm³/mol. The van der Waals surface area contributed by atoms with Crippen molar-refractivity contribution in [3.8, 4) is 5.75 Å². The molecule has 0 aromatic heterocycles. The van der Waals surface area contributed by atoms with Crippen LogP contribution in [0, 0.1) is 0 Å². The lowest BCUT2D eigenvalue weighted by atomic mass is 9.84. The number of alkyl halides is 2. The van der Waals surface area contributed by atoms with Crippen molar-refractivity contribution >= 4 is 29.9 Å². The molecule has 3 N–H and O–H groups in total. The van der Waals surface area contributed by atoms with Gasteiger partial charge < -0.3 is 20.5 Å². The molecule has 238 valence electrons. The van der Waals surface area contributed by atoms with Crippen LogP contribution in [0.15, 0.2) is 60.6 Å². The van der Waals surface area contributed by atoms with Gasteiger partial charge in [-0.15, -0.1) is 11.6 Å². The Morgan fingerprint density at radius 2 is 1.93 bits per heavy atom. The minimum absolute atomic E-state index is 0.0425. The maximum Gasteiger partial charge on any atom is 0.434 e. The average Bonchev–Trinajstić information content (AvgIpc) is 3.24. The molecule has 1 saturated heterocycles. The summed E-state index contributed by atoms with van der Waals surface area (Å²) in [4.78, 5) is 43.7. The highest BCUT2D eigenvalue weighted by molar-refractivity contribution is 6.04. The molecule has 11 heteroatoms. The number of nitrogens with zero attached hydrogens (tertiary/aromatic N) is 2. The monoisotopic (exact) mass is 620 g/mol. The van der Waals surface area contributed by atoms with Crippen LogP contribution in [0.2, 0.25) is 0 Å². The molecule has 3 aliphatic rings. The second kappa shape index (κ2) is 11.8. The summed E-state index contributed by atoms with van der Waals surface area (Å²) in [5.74, 6) is -4.00. The minimum atomic E-state index is -3.32. The van der Waals surface area contributed by atoms with Gasteiger partial charge in [0.15, 0.2) is 0 Å². The average molecular weight is 621 g/mol. The number of nitrogens with one attached hydrogen (secondary N) is 2. The van der Waals surface area contributed by atoms with Gasteiger partial charge in [-0.3, -0.25) is 14.5 Å². The van der Waals surface area contributed by atoms with E-state index in [0.717, 1.165) is 16.0 Å². The largest absolute Gasteiger partial charge is 0.487 e. The van der Waals surface area contributed by atoms with E-state index in [1.807, 2.05) is 39.0 Å². The molecule has 5 rings (SSSR count). The van der Waals surface area contributed by atoms with Crippen LogP contribution in [0.3, 0.4) is 0 Å². The molecule has 3 amide bonds. The summed E-state index contributed by atoms with van der Waals surface area (Å²) in [5.41, 5.74) is 0.129. The summed E-state index contributed by atoms with van der Waals surface area (Å²) in [6.45, 7) is 13.2. The molecular weight excluding hydrogens is 582 g/mol. The van der Waals surface area contributed by atoms with Crippen LogP contribution in [0.1, 0.15) is 104 Å². The van der Waals surface area contributed by atoms with Crippen LogP contribution < -0.4 is 15.4 Å². The topological polar surface area (TPSA) is 120 Å². The van der Waals surface area contributed by atoms with Gasteiger partial charge in [0, 0.05) is 35.1 Å². The van der Waals surface area contributed by atoms with E-state index in [9.17, 15) is 19.5 Å². The number of aliphatic imine (C=N–C) groups is 1. The Labute approximate surface area is 261 Å². The molecule has 0 radical (unpaired) electrons. The summed E-state index contributed by atoms with van der Waals surface area (Å²) < 4.78 is 37.0. The summed E-state index contributed by atoms with van der Waals surface area (Å²) in [6, 6.07) is 7.84. The maximum absolute atomic E-state index is 15.4. The van der Waals surface area contributed by atoms with Crippen molar-refractivity contribution in [2.24, 2.45) is 4.99 Å². The molecule has 0 spiro atoms. The number of benzene rings is 2. The predicted octanol–water partition coefficient (Wildman–Crippen LogP) is 6.87. The van der Waals surface area contributed by atoms with Crippen LogP contribution in [-0.2, 0) is 10.7 Å². The smallest absolute Gasteiger partial charge is 0.434 e. The fraction of sp³-hybridized carbons (Fsp3) is 0.412. The lowest BCUT2D eigenvalue weighted by Crippen LogP contribution is -2.63. The molecule has 9 nitrogen and oxygen atoms in total. The van der Waals surface area contributed by atoms with Crippen LogP contribution in [0.5, 0.6) is 5.75 Å². The number of amides is 3. The number of guanidine groups is 1. The van der Waals surface area contributed by atoms with E-state index in [1.165, 1.54) is 18.2 Å². The van der Waals surface area contributed by atoms with Gasteiger partial charge in [0.05, 0.1) is 18.5 Å². The first kappa shape index (κ1) is 31.9. The van der Waals surface area contributed by atoms with Crippen LogP contribution in [0.25, 0.3) is 6.08 Å². The Balaban J connectivity index is 1.49. The number of halogens is 2. The van der Waals surface area contributed by atoms with Crippen molar-refractivity contribution in [3.05, 3.63) is 83.4 Å². The first-order valence-electron chi connectivity index (χ1n) is 15.0. The maximum atomic E-state index is 15.4. The molecule has 2 aliphatic heterocycles. The van der Waals surface area contributed by atoms with Crippen molar-refractivity contribution in [3.63, 3.8) is 0 Å². The Kier molecular flexibility index (Phi) is 8.33. The van der Waals surface area contributed by atoms with Gasteiger partial charge in [-0.05, 0) is 68.5 Å². The van der Waals surface area contributed by atoms with Gasteiger partial charge in [-0.1, -0.05) is 37.8 Å². The fourth-order valence-electron chi connectivity index (χ4n) is 6.62. The number of carbonyl (C=O) groups excluding carboxylic acids is 2. The zero-order valence-corrected chi connectivity index (χ0v) is 25.7. The third-order valence-corrected chi connectivity index (χ3v) is 8.93. The van der Waals surface area contributed by atoms with Crippen molar-refractivity contribution in [2.75, 3.05) is 0 Å². The highest BCUT2D eigenvalue weighted by atomic mass is 19.3. The van der Waals surface area contributed by atoms with Gasteiger partial charge in [-0.25, -0.2) is 13.6 Å². The molecular formula is C34H38F2N4O5. The van der Waals surface area contributed by atoms with Gasteiger partial charge in [0.25, 0.3) is 11.8 Å². The molecule has 2 aromatic rings. The number of allylic oxidation sites excluding steroid dienone is 1. The fourth-order valence-corrected chi connectivity index (χ4v) is 6.62. The number of rotatable bonds is 8. The molecule has 2 aromatic carbocycles. The lowest BCUT2D eigenvalue weighted by Gasteiger charge is -2.45. The SMILES string of the molecule is C=CCCC1(CC)CC(=O)N([C@@H]2CC(F)(F)c3ccc(C(=O)NC4CC(C)(C)Oc5ccc(C=C)cc54)cc32)C(=NC(=O)O)N1. The van der Waals surface area contributed by atoms with E-state index >= 15 is 8.78 Å². The lowest BCUT2D eigenvalue weighted by molar-refractivity contribution is -0.133. The Morgan fingerprint density at radius 3 is 2.60 bits per heavy atom. The van der Waals surface area contributed by atoms with E-state index in [-0.39, 0.29) is 29.1 Å². The zero-order chi connectivity index (χ0) is 32.7. The van der Waals surface area contributed by atoms with Crippen molar-refractivity contribution < 1.29 is 33.0 Å². The highest BCUT2D eigenvalue weighted by Crippen LogP contribution is 2.51. The van der Waals surface area contributed by atoms with Crippen molar-refractivity contribution in [1.82, 2.24) is 15.5 Å². The molecule has 3 atom stereocenters. The number of hydrogen-bond acceptors (Lipinski definition) is 4. The summed E-state index contributed by atoms with van der Waals surface area (Å²) >= 11 is 0. The zero-order valence-electron chi connectivity index (χ0n) is 25.7. The van der Waals surface area contributed by atoms with Gasteiger partial charge in [0.1, 0.15) is 11.4 Å². The Morgan fingerprint density at radius 1 is 1.18 bits per heavy atom. The minimum Gasteiger partial charge on any atom is -0.487 e. The molecule has 2 unspecified atom stereocenters. The number of carbonyl (C=O) groups is 3. The van der Waals surface area contributed by atoms with Gasteiger partial charge >= 0.3 is 6.09 Å². The van der Waals surface area contributed by atoms with Gasteiger partial charge in [-0.2, -0.15) is 0 Å². The van der Waals surface area contributed by atoms with Crippen LogP contribution in [0.4, 0.5) is 13.6 Å². The molecule has 2 heterocycles. The van der Waals surface area contributed by atoms with Crippen LogP contribution >= 0.6 is 0 Å². The van der Waals surface area contributed by atoms with E-state index in [2.05, 4.69) is 28.8 Å². The quantitative estimate of drug-likeness (QED) is 0.277. The Bertz CT molecular complexity index is 1600. The second-order valence-electron chi connectivity index (χ2n) is 12.6. The number of carboxylic acid groups (broad SMARTS) is 1. The van der Waals surface area contributed by atoms with E-state index < -0.39 is 53.5 Å². The summed E-state index contributed by atoms with van der Waals surface area (Å²) in [5, 5.41) is 15.7. The number of hydrogen-bond donors (Lipinski definition) is 3. The third kappa shape index (κ3) is 6.21. The molecule has 0 bridgehead atoms. The van der Waals surface area contributed by atoms with Crippen LogP contribution in [-0.4, -0.2) is 45.0 Å². The first-order chi connectivity index (χ1) is 21.2. The molecule has 1 aliphatic carbocycles. The van der Waals surface area contributed by atoms with Crippen molar-refractivity contribution in [2.45, 2.75) is 88.4 Å². The summed E-state index contributed by atoms with van der Waals surface area (Å²) in [7, 11) is 0. The number of ether oxygens (including phenoxy) is 1. The standard InChI is InChI=1S/C34H38F2N4O5/c1-6-9-14-33(8-3)19-28(41)40(30(39-33)38-31(43)44)26-18-34(35,36)24-12-11-21(16-22(24)26)29(42)37-25-17-32(4,5)45-27-13-10-20(7-2)15-23(25)27/h6-7,10-13,15-16,25-26H,1-2,8-9,14,17-19H2,3-5H3,(H,37,42)(H,38,39)(H,43,44)/t25?,26-,33?/m1/s1. The highest BCUT2D eigenvalue weighted by Gasteiger charge is 2.52. The van der Waals surface area contributed by atoms with E-state index in [1.54, 1.807) is 12.2 Å². The number of fused-ring (bicyclic) bond motifs is 2. The summed E-state index contributed by atoms with van der Waals surface area (Å²) in [6.07, 6.45) is 2.98. The molecule has 1 fully saturated rings. The van der Waals surface area contributed by atoms with E-state index in [0.29, 0.717) is 31.4 Å². The normalized spacial score (nSPS) is 25.4. The van der Waals surface area contributed by atoms with E-state index in [4.69, 9.17) is 4.74 Å². The third-order valence-electron chi connectivity index (χ3n) is 8.93.